The van der Waals surface area contributed by atoms with Crippen molar-refractivity contribution < 1.29 is 5.11 Å². The lowest BCUT2D eigenvalue weighted by Gasteiger charge is -2.34. The van der Waals surface area contributed by atoms with Gasteiger partial charge in [-0.1, -0.05) is 23.7 Å². The van der Waals surface area contributed by atoms with Crippen LogP contribution in [0.3, 0.4) is 0 Å². The summed E-state index contributed by atoms with van der Waals surface area (Å²) in [6, 6.07) is 7.53. The molecule has 1 aromatic carbocycles. The van der Waals surface area contributed by atoms with E-state index in [1.165, 1.54) is 0 Å². The average molecular weight is 320 g/mol. The van der Waals surface area contributed by atoms with Gasteiger partial charge >= 0.3 is 0 Å². The van der Waals surface area contributed by atoms with Crippen molar-refractivity contribution in [3.63, 3.8) is 0 Å². The first kappa shape index (κ1) is 15.5. The fourth-order valence-electron chi connectivity index (χ4n) is 3.11. The topological polar surface area (TPSA) is 41.3 Å². The van der Waals surface area contributed by atoms with Crippen LogP contribution in [0.4, 0.5) is 0 Å². The third-order valence-electron chi connectivity index (χ3n) is 4.58. The molecule has 1 atom stereocenters. The molecule has 1 N–H and O–H groups in total. The third kappa shape index (κ3) is 3.51. The summed E-state index contributed by atoms with van der Waals surface area (Å²) in [5.41, 5.74) is 0.965. The molecular formula is C17H22ClN3O. The van der Waals surface area contributed by atoms with Gasteiger partial charge in [0.15, 0.2) is 0 Å². The minimum atomic E-state index is -0.396. The number of aromatic nitrogens is 2. The van der Waals surface area contributed by atoms with Crippen LogP contribution in [0.15, 0.2) is 36.7 Å². The van der Waals surface area contributed by atoms with E-state index >= 15 is 0 Å². The molecule has 4 nitrogen and oxygen atoms in total. The SMILES string of the molecule is Cn1ccnc1CN1CCC([C@H](O)c2ccc(Cl)cc2)CC1. The van der Waals surface area contributed by atoms with Crippen LogP contribution in [0, 0.1) is 5.92 Å². The summed E-state index contributed by atoms with van der Waals surface area (Å²) >= 11 is 5.91. The first-order valence-corrected chi connectivity index (χ1v) is 8.13. The molecule has 1 aliphatic rings. The van der Waals surface area contributed by atoms with Crippen molar-refractivity contribution in [1.29, 1.82) is 0 Å². The van der Waals surface area contributed by atoms with E-state index in [1.54, 1.807) is 0 Å². The lowest BCUT2D eigenvalue weighted by Crippen LogP contribution is -2.35. The lowest BCUT2D eigenvalue weighted by atomic mass is 9.87. The smallest absolute Gasteiger partial charge is 0.122 e. The zero-order valence-electron chi connectivity index (χ0n) is 12.8. The van der Waals surface area contributed by atoms with Gasteiger partial charge in [-0.25, -0.2) is 4.98 Å². The van der Waals surface area contributed by atoms with E-state index in [0.717, 1.165) is 43.9 Å². The second-order valence-electron chi connectivity index (χ2n) is 6.06. The van der Waals surface area contributed by atoms with Crippen LogP contribution in [-0.4, -0.2) is 32.6 Å². The van der Waals surface area contributed by atoms with Gasteiger partial charge in [0.25, 0.3) is 0 Å². The monoisotopic (exact) mass is 319 g/mol. The first-order valence-electron chi connectivity index (χ1n) is 7.75. The van der Waals surface area contributed by atoms with Gasteiger partial charge in [0.2, 0.25) is 0 Å². The van der Waals surface area contributed by atoms with Crippen molar-refractivity contribution in [2.24, 2.45) is 13.0 Å². The van der Waals surface area contributed by atoms with Gasteiger partial charge in [-0.05, 0) is 49.5 Å². The Morgan fingerprint density at radius 1 is 1.27 bits per heavy atom. The highest BCUT2D eigenvalue weighted by molar-refractivity contribution is 6.30. The van der Waals surface area contributed by atoms with E-state index in [1.807, 2.05) is 43.7 Å². The first-order chi connectivity index (χ1) is 10.6. The van der Waals surface area contributed by atoms with Gasteiger partial charge in [0.05, 0.1) is 12.6 Å². The zero-order chi connectivity index (χ0) is 15.5. The van der Waals surface area contributed by atoms with Crippen LogP contribution < -0.4 is 0 Å². The molecular weight excluding hydrogens is 298 g/mol. The molecule has 3 rings (SSSR count). The molecule has 0 bridgehead atoms. The van der Waals surface area contributed by atoms with Gasteiger partial charge < -0.3 is 9.67 Å². The third-order valence-corrected chi connectivity index (χ3v) is 4.83. The number of piperidine rings is 1. The summed E-state index contributed by atoms with van der Waals surface area (Å²) in [5, 5.41) is 11.3. The quantitative estimate of drug-likeness (QED) is 0.942. The summed E-state index contributed by atoms with van der Waals surface area (Å²) in [4.78, 5) is 6.79. The predicted octanol–water partition coefficient (Wildman–Crippen LogP) is 3.02. The number of rotatable bonds is 4. The van der Waals surface area contributed by atoms with E-state index in [0.29, 0.717) is 10.9 Å². The Balaban J connectivity index is 1.55. The summed E-state index contributed by atoms with van der Waals surface area (Å²) < 4.78 is 2.06. The highest BCUT2D eigenvalue weighted by Gasteiger charge is 2.26. The fourth-order valence-corrected chi connectivity index (χ4v) is 3.23. The summed E-state index contributed by atoms with van der Waals surface area (Å²) in [7, 11) is 2.03. The minimum absolute atomic E-state index is 0.318. The fraction of sp³-hybridized carbons (Fsp3) is 0.471. The van der Waals surface area contributed by atoms with E-state index in [-0.39, 0.29) is 0 Å². The van der Waals surface area contributed by atoms with Gasteiger partial charge in [0.1, 0.15) is 5.82 Å². The Hall–Kier alpha value is -1.36. The van der Waals surface area contributed by atoms with Gasteiger partial charge in [-0.3, -0.25) is 4.90 Å². The summed E-state index contributed by atoms with van der Waals surface area (Å²) in [6.45, 7) is 2.89. The molecule has 1 aliphatic heterocycles. The molecule has 0 radical (unpaired) electrons. The maximum atomic E-state index is 10.5. The van der Waals surface area contributed by atoms with Crippen molar-refractivity contribution in [2.75, 3.05) is 13.1 Å². The van der Waals surface area contributed by atoms with Crippen molar-refractivity contribution in [3.8, 4) is 0 Å². The molecule has 1 aromatic heterocycles. The molecule has 118 valence electrons. The van der Waals surface area contributed by atoms with Crippen LogP contribution in [0.5, 0.6) is 0 Å². The van der Waals surface area contributed by atoms with E-state index in [2.05, 4.69) is 14.5 Å². The number of aliphatic hydroxyl groups is 1. The van der Waals surface area contributed by atoms with Crippen molar-refractivity contribution in [2.45, 2.75) is 25.5 Å². The van der Waals surface area contributed by atoms with E-state index in [4.69, 9.17) is 11.6 Å². The number of hydrogen-bond donors (Lipinski definition) is 1. The van der Waals surface area contributed by atoms with Crippen LogP contribution in [0.1, 0.15) is 30.3 Å². The van der Waals surface area contributed by atoms with Crippen LogP contribution >= 0.6 is 11.6 Å². The van der Waals surface area contributed by atoms with Gasteiger partial charge in [0, 0.05) is 24.5 Å². The normalized spacial score (nSPS) is 18.5. The number of halogens is 1. The molecule has 0 unspecified atom stereocenters. The average Bonchev–Trinajstić information content (AvgIpc) is 2.93. The molecule has 2 aromatic rings. The largest absolute Gasteiger partial charge is 0.388 e. The summed E-state index contributed by atoms with van der Waals surface area (Å²) in [6.07, 6.45) is 5.44. The minimum Gasteiger partial charge on any atom is -0.388 e. The number of nitrogens with zero attached hydrogens (tertiary/aromatic N) is 3. The van der Waals surface area contributed by atoms with Crippen molar-refractivity contribution >= 4 is 11.6 Å². The maximum Gasteiger partial charge on any atom is 0.122 e. The van der Waals surface area contributed by atoms with E-state index < -0.39 is 6.10 Å². The molecule has 2 heterocycles. The second kappa shape index (κ2) is 6.82. The molecule has 0 amide bonds. The number of likely N-dealkylation sites (tertiary alicyclic amines) is 1. The van der Waals surface area contributed by atoms with Crippen LogP contribution in [0.2, 0.25) is 5.02 Å². The van der Waals surface area contributed by atoms with Crippen molar-refractivity contribution in [3.05, 3.63) is 53.1 Å². The molecule has 22 heavy (non-hydrogen) atoms. The number of benzene rings is 1. The molecule has 1 fully saturated rings. The molecule has 5 heteroatoms. The predicted molar refractivity (Wildman–Crippen MR) is 87.6 cm³/mol. The Morgan fingerprint density at radius 3 is 2.55 bits per heavy atom. The standard InChI is InChI=1S/C17H22ClN3O/c1-20-11-8-19-16(20)12-21-9-6-14(7-10-21)17(22)13-2-4-15(18)5-3-13/h2-5,8,11,14,17,22H,6-7,9-10,12H2,1H3/t17-/m1/s1. The van der Waals surface area contributed by atoms with Crippen molar-refractivity contribution in [1.82, 2.24) is 14.5 Å². The van der Waals surface area contributed by atoms with E-state index in [9.17, 15) is 5.11 Å². The number of aryl methyl sites for hydroxylation is 1. The number of hydrogen-bond acceptors (Lipinski definition) is 3. The maximum absolute atomic E-state index is 10.5. The summed E-state index contributed by atoms with van der Waals surface area (Å²) in [5.74, 6) is 1.41. The molecule has 0 spiro atoms. The Morgan fingerprint density at radius 2 is 1.95 bits per heavy atom. The number of aliphatic hydroxyl groups excluding tert-OH is 1. The number of imidazole rings is 1. The highest BCUT2D eigenvalue weighted by atomic mass is 35.5. The molecule has 0 aliphatic carbocycles. The highest BCUT2D eigenvalue weighted by Crippen LogP contribution is 2.31. The lowest BCUT2D eigenvalue weighted by molar-refractivity contribution is 0.0558. The van der Waals surface area contributed by atoms with Crippen LogP contribution in [0.25, 0.3) is 0 Å². The Kier molecular flexibility index (Phi) is 4.81. The zero-order valence-corrected chi connectivity index (χ0v) is 13.6. The van der Waals surface area contributed by atoms with Gasteiger partial charge in [-0.2, -0.15) is 0 Å². The Bertz CT molecular complexity index is 603. The van der Waals surface area contributed by atoms with Gasteiger partial charge in [-0.15, -0.1) is 0 Å². The molecule has 1 saturated heterocycles. The second-order valence-corrected chi connectivity index (χ2v) is 6.50. The molecule has 0 saturated carbocycles. The Labute approximate surface area is 136 Å². The van der Waals surface area contributed by atoms with Crippen LogP contribution in [-0.2, 0) is 13.6 Å².